The molecule has 1 saturated heterocycles. The molecule has 0 bridgehead atoms. The Morgan fingerprint density at radius 1 is 1.10 bits per heavy atom. The van der Waals surface area contributed by atoms with E-state index in [1.54, 1.807) is 67.6 Å². The number of aliphatic hydroxyl groups is 1. The van der Waals surface area contributed by atoms with E-state index >= 15 is 0 Å². The second kappa shape index (κ2) is 7.27. The Hall–Kier alpha value is -3.87. The van der Waals surface area contributed by atoms with Gasteiger partial charge in [-0.3, -0.25) is 14.5 Å². The number of ether oxygens (including phenoxy) is 1. The number of rotatable bonds is 4. The molecule has 0 aliphatic carbocycles. The number of ketones is 1. The van der Waals surface area contributed by atoms with Gasteiger partial charge in [0.2, 0.25) is 0 Å². The number of amides is 1. The smallest absolute Gasteiger partial charge is 0.301 e. The van der Waals surface area contributed by atoms with Crippen LogP contribution >= 0.6 is 0 Å². The molecule has 7 heteroatoms. The van der Waals surface area contributed by atoms with Gasteiger partial charge in [-0.25, -0.2) is 0 Å². The fourth-order valence-corrected chi connectivity index (χ4v) is 3.47. The average Bonchev–Trinajstić information content (AvgIpc) is 3.29. The molecule has 4 rings (SSSR count). The summed E-state index contributed by atoms with van der Waals surface area (Å²) in [6.45, 7) is 1.69. The van der Waals surface area contributed by atoms with Crippen LogP contribution in [0.5, 0.6) is 5.75 Å². The van der Waals surface area contributed by atoms with Crippen molar-refractivity contribution in [2.24, 2.45) is 0 Å². The fraction of sp³-hybridized carbons (Fsp3) is 0.136. The molecule has 0 radical (unpaired) electrons. The van der Waals surface area contributed by atoms with Gasteiger partial charge in [-0.2, -0.15) is 0 Å². The van der Waals surface area contributed by atoms with Crippen molar-refractivity contribution in [2.45, 2.75) is 13.0 Å². The van der Waals surface area contributed by atoms with E-state index in [2.05, 4.69) is 5.16 Å². The maximum absolute atomic E-state index is 13.0. The maximum Gasteiger partial charge on any atom is 0.301 e. The summed E-state index contributed by atoms with van der Waals surface area (Å²) in [7, 11) is 1.50. The van der Waals surface area contributed by atoms with Crippen LogP contribution in [0.4, 0.5) is 5.82 Å². The van der Waals surface area contributed by atoms with Crippen molar-refractivity contribution >= 4 is 23.3 Å². The predicted octanol–water partition coefficient (Wildman–Crippen LogP) is 3.62. The lowest BCUT2D eigenvalue weighted by Crippen LogP contribution is -2.29. The molecule has 1 aliphatic heterocycles. The summed E-state index contributed by atoms with van der Waals surface area (Å²) in [5, 5.41) is 14.9. The lowest BCUT2D eigenvalue weighted by Gasteiger charge is -2.24. The summed E-state index contributed by atoms with van der Waals surface area (Å²) in [5.74, 6) is -0.711. The fourth-order valence-electron chi connectivity index (χ4n) is 3.47. The maximum atomic E-state index is 13.0. The van der Waals surface area contributed by atoms with Gasteiger partial charge in [0.15, 0.2) is 5.82 Å². The Labute approximate surface area is 166 Å². The monoisotopic (exact) mass is 390 g/mol. The minimum Gasteiger partial charge on any atom is -0.507 e. The molecular weight excluding hydrogens is 372 g/mol. The molecular formula is C22H18N2O5. The van der Waals surface area contributed by atoms with Crippen molar-refractivity contribution in [1.82, 2.24) is 5.16 Å². The van der Waals surface area contributed by atoms with Crippen LogP contribution in [0.1, 0.15) is 22.9 Å². The third-order valence-electron chi connectivity index (χ3n) is 4.79. The van der Waals surface area contributed by atoms with Crippen LogP contribution in [-0.4, -0.2) is 29.1 Å². The predicted molar refractivity (Wildman–Crippen MR) is 105 cm³/mol. The van der Waals surface area contributed by atoms with E-state index in [0.29, 0.717) is 22.6 Å². The first-order chi connectivity index (χ1) is 14.0. The van der Waals surface area contributed by atoms with Crippen LogP contribution in [-0.2, 0) is 9.59 Å². The summed E-state index contributed by atoms with van der Waals surface area (Å²) in [5.41, 5.74) is 0.945. The molecule has 29 heavy (non-hydrogen) atoms. The van der Waals surface area contributed by atoms with Gasteiger partial charge in [0.25, 0.3) is 5.78 Å². The highest BCUT2D eigenvalue weighted by atomic mass is 16.5. The average molecular weight is 390 g/mol. The quantitative estimate of drug-likeness (QED) is 0.416. The number of anilines is 1. The minimum absolute atomic E-state index is 0.0358. The van der Waals surface area contributed by atoms with Crippen LogP contribution in [0, 0.1) is 6.92 Å². The molecule has 1 aliphatic rings. The van der Waals surface area contributed by atoms with Gasteiger partial charge >= 0.3 is 5.91 Å². The zero-order valence-electron chi connectivity index (χ0n) is 15.8. The Balaban J connectivity index is 1.99. The number of aromatic nitrogens is 1. The molecule has 1 atom stereocenters. The number of methoxy groups -OCH3 is 1. The van der Waals surface area contributed by atoms with E-state index in [0.717, 1.165) is 0 Å². The molecule has 0 saturated carbocycles. The van der Waals surface area contributed by atoms with Crippen LogP contribution in [0.15, 0.2) is 70.8 Å². The number of hydrogen-bond acceptors (Lipinski definition) is 6. The Morgan fingerprint density at radius 2 is 1.79 bits per heavy atom. The molecule has 1 N–H and O–H groups in total. The second-order valence-electron chi connectivity index (χ2n) is 6.57. The number of aliphatic hydroxyl groups excluding tert-OH is 1. The zero-order chi connectivity index (χ0) is 20.5. The van der Waals surface area contributed by atoms with Crippen molar-refractivity contribution in [1.29, 1.82) is 0 Å². The highest BCUT2D eigenvalue weighted by Crippen LogP contribution is 2.44. The molecule has 2 heterocycles. The molecule has 7 nitrogen and oxygen atoms in total. The summed E-state index contributed by atoms with van der Waals surface area (Å²) in [6, 6.07) is 16.3. The molecule has 1 fully saturated rings. The SMILES string of the molecule is COc1ccccc1[C@H]1/C(=C(\O)c2ccccc2)C(=O)C(=O)N1c1cc(C)on1. The summed E-state index contributed by atoms with van der Waals surface area (Å²) in [4.78, 5) is 27.2. The summed E-state index contributed by atoms with van der Waals surface area (Å²) in [6.07, 6.45) is 0. The van der Waals surface area contributed by atoms with E-state index in [1.807, 2.05) is 0 Å². The van der Waals surface area contributed by atoms with Gasteiger partial charge < -0.3 is 14.4 Å². The van der Waals surface area contributed by atoms with E-state index in [9.17, 15) is 14.7 Å². The third-order valence-corrected chi connectivity index (χ3v) is 4.79. The van der Waals surface area contributed by atoms with Gasteiger partial charge in [0, 0.05) is 17.2 Å². The number of para-hydroxylation sites is 1. The molecule has 1 aromatic heterocycles. The van der Waals surface area contributed by atoms with Gasteiger partial charge in [-0.15, -0.1) is 0 Å². The topological polar surface area (TPSA) is 92.9 Å². The molecule has 0 unspecified atom stereocenters. The molecule has 1 amide bonds. The number of nitrogens with zero attached hydrogens (tertiary/aromatic N) is 2. The first-order valence-electron chi connectivity index (χ1n) is 8.95. The molecule has 0 spiro atoms. The van der Waals surface area contributed by atoms with E-state index < -0.39 is 17.7 Å². The van der Waals surface area contributed by atoms with Crippen LogP contribution in [0.25, 0.3) is 5.76 Å². The zero-order valence-corrected chi connectivity index (χ0v) is 15.8. The van der Waals surface area contributed by atoms with Crippen LogP contribution in [0.2, 0.25) is 0 Å². The minimum atomic E-state index is -0.921. The summed E-state index contributed by atoms with van der Waals surface area (Å²) >= 11 is 0. The largest absolute Gasteiger partial charge is 0.507 e. The first kappa shape index (κ1) is 18.5. The summed E-state index contributed by atoms with van der Waals surface area (Å²) < 4.78 is 10.6. The van der Waals surface area contributed by atoms with Crippen LogP contribution < -0.4 is 9.64 Å². The van der Waals surface area contributed by atoms with Crippen LogP contribution in [0.3, 0.4) is 0 Å². The van der Waals surface area contributed by atoms with Crippen molar-refractivity contribution in [2.75, 3.05) is 12.0 Å². The van der Waals surface area contributed by atoms with Crippen molar-refractivity contribution in [3.8, 4) is 5.75 Å². The lowest BCUT2D eigenvalue weighted by molar-refractivity contribution is -0.132. The molecule has 146 valence electrons. The third kappa shape index (κ3) is 3.06. The first-order valence-corrected chi connectivity index (χ1v) is 8.95. The highest BCUT2D eigenvalue weighted by Gasteiger charge is 2.48. The number of carbonyl (C=O) groups is 2. The molecule has 2 aromatic carbocycles. The number of carbonyl (C=O) groups excluding carboxylic acids is 2. The Bertz CT molecular complexity index is 1120. The van der Waals surface area contributed by atoms with E-state index in [4.69, 9.17) is 9.26 Å². The number of hydrogen-bond donors (Lipinski definition) is 1. The number of Topliss-reactive ketones (excluding diaryl/α,β-unsaturated/α-hetero) is 1. The van der Waals surface area contributed by atoms with Gasteiger partial charge in [-0.1, -0.05) is 53.7 Å². The van der Waals surface area contributed by atoms with Crippen molar-refractivity contribution in [3.63, 3.8) is 0 Å². The number of benzene rings is 2. The van der Waals surface area contributed by atoms with Gasteiger partial charge in [0.1, 0.15) is 23.3 Å². The van der Waals surface area contributed by atoms with Gasteiger partial charge in [0.05, 0.1) is 12.7 Å². The second-order valence-corrected chi connectivity index (χ2v) is 6.57. The Morgan fingerprint density at radius 3 is 2.45 bits per heavy atom. The molecule has 3 aromatic rings. The standard InChI is InChI=1S/C22H18N2O5/c1-13-12-17(23-29-13)24-19(15-10-6-7-11-16(15)28-2)18(21(26)22(24)27)20(25)14-8-4-3-5-9-14/h3-12,19,25H,1-2H3/b20-18+/t19-/m0/s1. The van der Waals surface area contributed by atoms with Gasteiger partial charge in [-0.05, 0) is 13.0 Å². The normalized spacial score (nSPS) is 18.3. The van der Waals surface area contributed by atoms with E-state index in [-0.39, 0.29) is 17.2 Å². The Kier molecular flexibility index (Phi) is 4.64. The van der Waals surface area contributed by atoms with E-state index in [1.165, 1.54) is 12.0 Å². The highest BCUT2D eigenvalue weighted by molar-refractivity contribution is 6.51. The van der Waals surface area contributed by atoms with Crippen molar-refractivity contribution < 1.29 is 24.0 Å². The lowest BCUT2D eigenvalue weighted by atomic mass is 9.94. The number of aryl methyl sites for hydroxylation is 1. The van der Waals surface area contributed by atoms with Crippen molar-refractivity contribution in [3.05, 3.63) is 83.1 Å².